The Morgan fingerprint density at radius 2 is 1.58 bits per heavy atom. The fourth-order valence-corrected chi connectivity index (χ4v) is 4.02. The van der Waals surface area contributed by atoms with Crippen molar-refractivity contribution < 1.29 is 4.74 Å². The summed E-state index contributed by atoms with van der Waals surface area (Å²) in [6.45, 7) is 4.70. The third-order valence-corrected chi connectivity index (χ3v) is 5.72. The molecule has 3 aromatic carbocycles. The Balaban J connectivity index is 1.73. The summed E-state index contributed by atoms with van der Waals surface area (Å²) in [6, 6.07) is 23.2. The highest BCUT2D eigenvalue weighted by molar-refractivity contribution is 7.98. The second-order valence-electron chi connectivity index (χ2n) is 6.35. The van der Waals surface area contributed by atoms with Gasteiger partial charge in [-0.05, 0) is 53.8 Å². The SMILES string of the molecule is Cc1cccc(C)c1OCc1cc(CSc2ccccc2)ccc1CCl. The Kier molecular flexibility index (Phi) is 6.65. The maximum Gasteiger partial charge on any atom is 0.125 e. The Labute approximate surface area is 165 Å². The maximum atomic E-state index is 6.15. The molecule has 0 atom stereocenters. The molecule has 0 aliphatic heterocycles. The van der Waals surface area contributed by atoms with E-state index in [1.807, 2.05) is 17.8 Å². The molecule has 26 heavy (non-hydrogen) atoms. The van der Waals surface area contributed by atoms with Crippen LogP contribution in [0.5, 0.6) is 5.75 Å². The Bertz CT molecular complexity index is 841. The van der Waals surface area contributed by atoms with Crippen LogP contribution in [-0.4, -0.2) is 0 Å². The average Bonchev–Trinajstić information content (AvgIpc) is 2.67. The minimum atomic E-state index is 0.498. The van der Waals surface area contributed by atoms with Crippen LogP contribution in [0.15, 0.2) is 71.6 Å². The van der Waals surface area contributed by atoms with Crippen LogP contribution in [0.4, 0.5) is 0 Å². The van der Waals surface area contributed by atoms with Gasteiger partial charge in [-0.1, -0.05) is 54.6 Å². The molecule has 3 aromatic rings. The molecule has 0 aliphatic carbocycles. The molecule has 0 saturated heterocycles. The molecule has 0 spiro atoms. The van der Waals surface area contributed by atoms with Gasteiger partial charge in [-0.25, -0.2) is 0 Å². The summed E-state index contributed by atoms with van der Waals surface area (Å²) >= 11 is 7.98. The van der Waals surface area contributed by atoms with Crippen molar-refractivity contribution in [1.29, 1.82) is 0 Å². The minimum absolute atomic E-state index is 0.498. The number of thioether (sulfide) groups is 1. The minimum Gasteiger partial charge on any atom is -0.488 e. The van der Waals surface area contributed by atoms with Crippen molar-refractivity contribution in [3.05, 3.63) is 94.5 Å². The van der Waals surface area contributed by atoms with Crippen molar-refractivity contribution in [3.63, 3.8) is 0 Å². The number of hydrogen-bond acceptors (Lipinski definition) is 2. The first-order valence-corrected chi connectivity index (χ1v) is 10.2. The molecule has 0 radical (unpaired) electrons. The molecule has 134 valence electrons. The third-order valence-electron chi connectivity index (χ3n) is 4.34. The zero-order chi connectivity index (χ0) is 18.4. The lowest BCUT2D eigenvalue weighted by Gasteiger charge is -2.15. The predicted octanol–water partition coefficient (Wildman–Crippen LogP) is 6.91. The molecule has 0 fully saturated rings. The Morgan fingerprint density at radius 3 is 2.27 bits per heavy atom. The van der Waals surface area contributed by atoms with Gasteiger partial charge >= 0.3 is 0 Å². The quantitative estimate of drug-likeness (QED) is 0.324. The normalized spacial score (nSPS) is 10.7. The van der Waals surface area contributed by atoms with Crippen molar-refractivity contribution in [2.24, 2.45) is 0 Å². The summed E-state index contributed by atoms with van der Waals surface area (Å²) in [6.07, 6.45) is 0. The molecule has 0 N–H and O–H groups in total. The molecular weight excluding hydrogens is 360 g/mol. The van der Waals surface area contributed by atoms with Crippen LogP contribution < -0.4 is 4.74 Å². The zero-order valence-electron chi connectivity index (χ0n) is 15.2. The lowest BCUT2D eigenvalue weighted by atomic mass is 10.1. The van der Waals surface area contributed by atoms with E-state index in [0.29, 0.717) is 12.5 Å². The van der Waals surface area contributed by atoms with E-state index in [-0.39, 0.29) is 0 Å². The van der Waals surface area contributed by atoms with Gasteiger partial charge in [0.2, 0.25) is 0 Å². The fraction of sp³-hybridized carbons (Fsp3) is 0.217. The smallest absolute Gasteiger partial charge is 0.125 e. The highest BCUT2D eigenvalue weighted by atomic mass is 35.5. The third kappa shape index (κ3) is 4.84. The molecule has 0 heterocycles. The summed E-state index contributed by atoms with van der Waals surface area (Å²) in [7, 11) is 0. The summed E-state index contributed by atoms with van der Waals surface area (Å²) in [4.78, 5) is 1.28. The van der Waals surface area contributed by atoms with Crippen LogP contribution in [0.3, 0.4) is 0 Å². The van der Waals surface area contributed by atoms with Crippen LogP contribution in [0, 0.1) is 13.8 Å². The fourth-order valence-electron chi connectivity index (χ4n) is 2.89. The summed E-state index contributed by atoms with van der Waals surface area (Å²) < 4.78 is 6.15. The molecule has 0 saturated carbocycles. The molecular formula is C23H23ClOS. The monoisotopic (exact) mass is 382 g/mol. The highest BCUT2D eigenvalue weighted by Gasteiger charge is 2.08. The zero-order valence-corrected chi connectivity index (χ0v) is 16.7. The lowest BCUT2D eigenvalue weighted by molar-refractivity contribution is 0.301. The van der Waals surface area contributed by atoms with Gasteiger partial charge in [0.05, 0.1) is 0 Å². The molecule has 0 unspecified atom stereocenters. The molecule has 3 heteroatoms. The number of hydrogen-bond donors (Lipinski definition) is 0. The lowest BCUT2D eigenvalue weighted by Crippen LogP contribution is -2.02. The van der Waals surface area contributed by atoms with Gasteiger partial charge in [0, 0.05) is 16.5 Å². The number of benzene rings is 3. The van der Waals surface area contributed by atoms with Crippen molar-refractivity contribution in [2.45, 2.75) is 37.0 Å². The Hall–Kier alpha value is -1.90. The van der Waals surface area contributed by atoms with E-state index in [4.69, 9.17) is 16.3 Å². The maximum absolute atomic E-state index is 6.15. The second kappa shape index (κ2) is 9.16. The summed E-state index contributed by atoms with van der Waals surface area (Å²) in [5.41, 5.74) is 5.90. The van der Waals surface area contributed by atoms with E-state index in [1.54, 1.807) is 0 Å². The van der Waals surface area contributed by atoms with E-state index >= 15 is 0 Å². The van der Waals surface area contributed by atoms with Crippen molar-refractivity contribution in [2.75, 3.05) is 0 Å². The highest BCUT2D eigenvalue weighted by Crippen LogP contribution is 2.27. The average molecular weight is 383 g/mol. The summed E-state index contributed by atoms with van der Waals surface area (Å²) in [5, 5.41) is 0. The Morgan fingerprint density at radius 1 is 0.846 bits per heavy atom. The number of rotatable bonds is 7. The van der Waals surface area contributed by atoms with E-state index < -0.39 is 0 Å². The van der Waals surface area contributed by atoms with Gasteiger partial charge in [-0.15, -0.1) is 23.4 Å². The van der Waals surface area contributed by atoms with Gasteiger partial charge in [-0.2, -0.15) is 0 Å². The number of ether oxygens (including phenoxy) is 1. The number of aryl methyl sites for hydroxylation is 2. The van der Waals surface area contributed by atoms with E-state index in [0.717, 1.165) is 33.8 Å². The number of para-hydroxylation sites is 1. The van der Waals surface area contributed by atoms with Crippen molar-refractivity contribution >= 4 is 23.4 Å². The first kappa shape index (κ1) is 18.9. The second-order valence-corrected chi connectivity index (χ2v) is 7.66. The van der Waals surface area contributed by atoms with Gasteiger partial charge in [0.25, 0.3) is 0 Å². The molecule has 3 rings (SSSR count). The van der Waals surface area contributed by atoms with Gasteiger partial charge in [-0.3, -0.25) is 0 Å². The standard InChI is InChI=1S/C23H23ClOS/c1-17-7-6-8-18(2)23(17)25-15-21-13-19(11-12-20(21)14-24)16-26-22-9-4-3-5-10-22/h3-13H,14-16H2,1-2H3. The van der Waals surface area contributed by atoms with Crippen LogP contribution in [-0.2, 0) is 18.2 Å². The molecule has 0 aliphatic rings. The van der Waals surface area contributed by atoms with E-state index in [2.05, 4.69) is 74.5 Å². The largest absolute Gasteiger partial charge is 0.488 e. The molecule has 0 aromatic heterocycles. The molecule has 0 amide bonds. The number of halogens is 1. The number of alkyl halides is 1. The van der Waals surface area contributed by atoms with E-state index in [1.165, 1.54) is 10.5 Å². The van der Waals surface area contributed by atoms with Crippen LogP contribution in [0.25, 0.3) is 0 Å². The topological polar surface area (TPSA) is 9.23 Å². The summed E-state index contributed by atoms with van der Waals surface area (Å²) in [5.74, 6) is 2.40. The van der Waals surface area contributed by atoms with Crippen LogP contribution in [0.1, 0.15) is 27.8 Å². The molecule has 0 bridgehead atoms. The van der Waals surface area contributed by atoms with Gasteiger partial charge in [0.15, 0.2) is 0 Å². The van der Waals surface area contributed by atoms with Crippen molar-refractivity contribution in [3.8, 4) is 5.75 Å². The van der Waals surface area contributed by atoms with Gasteiger partial charge < -0.3 is 4.74 Å². The predicted molar refractivity (Wildman–Crippen MR) is 112 cm³/mol. The van der Waals surface area contributed by atoms with Gasteiger partial charge in [0.1, 0.15) is 12.4 Å². The van der Waals surface area contributed by atoms with Crippen LogP contribution in [0.2, 0.25) is 0 Å². The van der Waals surface area contributed by atoms with E-state index in [9.17, 15) is 0 Å². The first-order valence-electron chi connectivity index (χ1n) is 8.71. The first-order chi connectivity index (χ1) is 12.7. The molecule has 1 nitrogen and oxygen atoms in total. The van der Waals surface area contributed by atoms with Crippen molar-refractivity contribution in [1.82, 2.24) is 0 Å². The van der Waals surface area contributed by atoms with Crippen LogP contribution >= 0.6 is 23.4 Å².